The van der Waals surface area contributed by atoms with Crippen molar-refractivity contribution in [1.82, 2.24) is 0 Å². The van der Waals surface area contributed by atoms with Gasteiger partial charge in [0.05, 0.1) is 0 Å². The minimum atomic E-state index is -0.0288. The van der Waals surface area contributed by atoms with Crippen LogP contribution < -0.4 is 0 Å². The quantitative estimate of drug-likeness (QED) is 0.497. The van der Waals surface area contributed by atoms with E-state index >= 15 is 0 Å². The minimum Gasteiger partial charge on any atom is -0.507 e. The number of rotatable bonds is 7. The highest BCUT2D eigenvalue weighted by atomic mass is 16.3. The molecule has 0 saturated heterocycles. The standard InChI is InChI=1S/C26H36O2/c1-16(2)9-8-10-17(3)13-22(23-14-18(4)11-20(6)25(23)27)24-15-19(5)12-21(7)26(24)28/h9,11-12,14-15,17,22,27-28H,8,10,13H2,1-7H3. The highest BCUT2D eigenvalue weighted by molar-refractivity contribution is 5.53. The summed E-state index contributed by atoms with van der Waals surface area (Å²) in [5, 5.41) is 21.7. The molecule has 2 aromatic rings. The summed E-state index contributed by atoms with van der Waals surface area (Å²) in [6.45, 7) is 14.6. The predicted molar refractivity (Wildman–Crippen MR) is 119 cm³/mol. The molecule has 2 rings (SSSR count). The monoisotopic (exact) mass is 380 g/mol. The van der Waals surface area contributed by atoms with Crippen molar-refractivity contribution < 1.29 is 10.2 Å². The predicted octanol–water partition coefficient (Wildman–Crippen LogP) is 7.24. The van der Waals surface area contributed by atoms with Crippen LogP contribution in [0, 0.1) is 33.6 Å². The lowest BCUT2D eigenvalue weighted by Gasteiger charge is -2.25. The van der Waals surface area contributed by atoms with Crippen LogP contribution in [0.5, 0.6) is 11.5 Å². The zero-order valence-electron chi connectivity index (χ0n) is 18.6. The van der Waals surface area contributed by atoms with Crippen LogP contribution in [-0.2, 0) is 0 Å². The summed E-state index contributed by atoms with van der Waals surface area (Å²) in [4.78, 5) is 0. The largest absolute Gasteiger partial charge is 0.507 e. The maximum absolute atomic E-state index is 10.9. The Morgan fingerprint density at radius 2 is 1.32 bits per heavy atom. The van der Waals surface area contributed by atoms with Crippen LogP contribution in [0.3, 0.4) is 0 Å². The van der Waals surface area contributed by atoms with Gasteiger partial charge in [-0.05, 0) is 77.8 Å². The Labute approximate surface area is 170 Å². The van der Waals surface area contributed by atoms with Gasteiger partial charge in [-0.2, -0.15) is 0 Å². The second-order valence-corrected chi connectivity index (χ2v) is 8.79. The SMILES string of the molecule is CC(C)=CCCC(C)CC(c1cc(C)cc(C)c1O)c1cc(C)cc(C)c1O. The van der Waals surface area contributed by atoms with Gasteiger partial charge < -0.3 is 10.2 Å². The Morgan fingerprint density at radius 3 is 1.75 bits per heavy atom. The van der Waals surface area contributed by atoms with Crippen molar-refractivity contribution in [1.29, 1.82) is 0 Å². The zero-order valence-corrected chi connectivity index (χ0v) is 18.6. The van der Waals surface area contributed by atoms with Crippen LogP contribution in [-0.4, -0.2) is 10.2 Å². The Kier molecular flexibility index (Phi) is 7.35. The number of phenols is 2. The molecule has 0 fully saturated rings. The fourth-order valence-corrected chi connectivity index (χ4v) is 4.12. The van der Waals surface area contributed by atoms with Gasteiger partial charge in [-0.3, -0.25) is 0 Å². The molecule has 2 nitrogen and oxygen atoms in total. The van der Waals surface area contributed by atoms with Crippen molar-refractivity contribution in [2.45, 2.75) is 73.6 Å². The van der Waals surface area contributed by atoms with E-state index in [0.717, 1.165) is 52.6 Å². The summed E-state index contributed by atoms with van der Waals surface area (Å²) < 4.78 is 0. The van der Waals surface area contributed by atoms with Gasteiger partial charge in [0, 0.05) is 17.0 Å². The lowest BCUT2D eigenvalue weighted by molar-refractivity contribution is 0.421. The van der Waals surface area contributed by atoms with E-state index in [2.05, 4.69) is 52.8 Å². The summed E-state index contributed by atoms with van der Waals surface area (Å²) in [6, 6.07) is 8.17. The molecule has 0 heterocycles. The first-order valence-corrected chi connectivity index (χ1v) is 10.3. The molecule has 0 bridgehead atoms. The van der Waals surface area contributed by atoms with Gasteiger partial charge in [-0.1, -0.05) is 54.0 Å². The average molecular weight is 381 g/mol. The molecule has 0 aliphatic heterocycles. The normalized spacial score (nSPS) is 12.3. The highest BCUT2D eigenvalue weighted by Crippen LogP contribution is 2.43. The molecule has 2 heteroatoms. The van der Waals surface area contributed by atoms with E-state index in [1.54, 1.807) is 0 Å². The van der Waals surface area contributed by atoms with Gasteiger partial charge in [0.1, 0.15) is 11.5 Å². The molecule has 0 amide bonds. The van der Waals surface area contributed by atoms with Gasteiger partial charge in [0.15, 0.2) is 0 Å². The topological polar surface area (TPSA) is 40.5 Å². The van der Waals surface area contributed by atoms with Gasteiger partial charge in [-0.15, -0.1) is 0 Å². The molecule has 28 heavy (non-hydrogen) atoms. The molecular formula is C26H36O2. The number of aryl methyl sites for hydroxylation is 4. The van der Waals surface area contributed by atoms with Crippen molar-refractivity contribution in [3.63, 3.8) is 0 Å². The van der Waals surface area contributed by atoms with Crippen LogP contribution in [0.4, 0.5) is 0 Å². The van der Waals surface area contributed by atoms with Crippen molar-refractivity contribution in [2.75, 3.05) is 0 Å². The fourth-order valence-electron chi connectivity index (χ4n) is 4.12. The first-order chi connectivity index (χ1) is 13.1. The number of benzene rings is 2. The third kappa shape index (κ3) is 5.41. The van der Waals surface area contributed by atoms with Crippen molar-refractivity contribution in [2.24, 2.45) is 5.92 Å². The maximum Gasteiger partial charge on any atom is 0.122 e. The van der Waals surface area contributed by atoms with Crippen LogP contribution in [0.25, 0.3) is 0 Å². The smallest absolute Gasteiger partial charge is 0.122 e. The van der Waals surface area contributed by atoms with E-state index in [-0.39, 0.29) is 5.92 Å². The molecular weight excluding hydrogens is 344 g/mol. The summed E-state index contributed by atoms with van der Waals surface area (Å²) in [7, 11) is 0. The van der Waals surface area contributed by atoms with Crippen molar-refractivity contribution >= 4 is 0 Å². The van der Waals surface area contributed by atoms with E-state index < -0.39 is 0 Å². The molecule has 2 N–H and O–H groups in total. The Balaban J connectivity index is 2.50. The van der Waals surface area contributed by atoms with Crippen LogP contribution >= 0.6 is 0 Å². The van der Waals surface area contributed by atoms with E-state index in [9.17, 15) is 10.2 Å². The summed E-state index contributed by atoms with van der Waals surface area (Å²) in [5.74, 6) is 1.15. The number of aromatic hydroxyl groups is 2. The Bertz CT molecular complexity index is 800. The first kappa shape index (κ1) is 22.1. The van der Waals surface area contributed by atoms with Gasteiger partial charge >= 0.3 is 0 Å². The lowest BCUT2D eigenvalue weighted by atomic mass is 9.80. The molecule has 0 radical (unpaired) electrons. The van der Waals surface area contributed by atoms with E-state index in [4.69, 9.17) is 0 Å². The molecule has 2 aromatic carbocycles. The number of hydrogen-bond donors (Lipinski definition) is 2. The van der Waals surface area contributed by atoms with Crippen LogP contribution in [0.1, 0.15) is 79.3 Å². The number of hydrogen-bond acceptors (Lipinski definition) is 2. The van der Waals surface area contributed by atoms with Crippen LogP contribution in [0.2, 0.25) is 0 Å². The number of phenolic OH excluding ortho intramolecular Hbond substituents is 2. The van der Waals surface area contributed by atoms with Crippen molar-refractivity contribution in [3.8, 4) is 11.5 Å². The summed E-state index contributed by atoms with van der Waals surface area (Å²) in [5.41, 5.74) is 7.25. The van der Waals surface area contributed by atoms with Gasteiger partial charge in [0.2, 0.25) is 0 Å². The molecule has 152 valence electrons. The molecule has 0 spiro atoms. The minimum absolute atomic E-state index is 0.0288. The van der Waals surface area contributed by atoms with E-state index in [1.165, 1.54) is 5.57 Å². The Hall–Kier alpha value is -2.22. The third-order valence-electron chi connectivity index (χ3n) is 5.55. The maximum atomic E-state index is 10.9. The van der Waals surface area contributed by atoms with Crippen molar-refractivity contribution in [3.05, 3.63) is 69.3 Å². The Morgan fingerprint density at radius 1 is 0.857 bits per heavy atom. The van der Waals surface area contributed by atoms with E-state index in [1.807, 2.05) is 26.0 Å². The molecule has 1 unspecified atom stereocenters. The second-order valence-electron chi connectivity index (χ2n) is 8.79. The summed E-state index contributed by atoms with van der Waals surface area (Å²) >= 11 is 0. The van der Waals surface area contributed by atoms with E-state index in [0.29, 0.717) is 17.4 Å². The molecule has 0 aromatic heterocycles. The van der Waals surface area contributed by atoms with Crippen LogP contribution in [0.15, 0.2) is 35.9 Å². The second kappa shape index (κ2) is 9.32. The van der Waals surface area contributed by atoms with Gasteiger partial charge in [-0.25, -0.2) is 0 Å². The molecule has 0 saturated carbocycles. The number of allylic oxidation sites excluding steroid dienone is 2. The molecule has 1 atom stereocenters. The fraction of sp³-hybridized carbons (Fsp3) is 0.462. The lowest BCUT2D eigenvalue weighted by Crippen LogP contribution is -2.09. The first-order valence-electron chi connectivity index (χ1n) is 10.3. The molecule has 0 aliphatic carbocycles. The highest BCUT2D eigenvalue weighted by Gasteiger charge is 2.25. The average Bonchev–Trinajstić information content (AvgIpc) is 2.59. The summed E-state index contributed by atoms with van der Waals surface area (Å²) in [6.07, 6.45) is 5.34. The zero-order chi connectivity index (χ0) is 21.0. The van der Waals surface area contributed by atoms with Gasteiger partial charge in [0.25, 0.3) is 0 Å². The molecule has 0 aliphatic rings. The third-order valence-corrected chi connectivity index (χ3v) is 5.55.